The first kappa shape index (κ1) is 21.5. The fourth-order valence-corrected chi connectivity index (χ4v) is 5.23. The number of hydrogen-bond acceptors (Lipinski definition) is 6. The van der Waals surface area contributed by atoms with Crippen molar-refractivity contribution in [1.82, 2.24) is 0 Å². The molecule has 0 spiro atoms. The van der Waals surface area contributed by atoms with E-state index in [1.807, 2.05) is 0 Å². The summed E-state index contributed by atoms with van der Waals surface area (Å²) in [5.74, 6) is -3.14. The molecule has 34 heavy (non-hydrogen) atoms. The highest BCUT2D eigenvalue weighted by Gasteiger charge is 2.56. The fourth-order valence-electron chi connectivity index (χ4n) is 5.23. The molecule has 0 aliphatic heterocycles. The molecule has 4 atom stereocenters. The predicted molar refractivity (Wildman–Crippen MR) is 126 cm³/mol. The number of aromatic hydroxyl groups is 4. The van der Waals surface area contributed by atoms with Gasteiger partial charge in [0.25, 0.3) is 0 Å². The summed E-state index contributed by atoms with van der Waals surface area (Å²) in [6, 6.07) is 17.2. The van der Waals surface area contributed by atoms with Gasteiger partial charge >= 0.3 is 0 Å². The Balaban J connectivity index is 1.63. The fraction of sp³-hybridized carbons (Fsp3) is 0.143. The molecule has 2 bridgehead atoms. The maximum atomic E-state index is 13.6. The number of Topliss-reactive ketones (excluding diaryl/α,β-unsaturated/α-hetero) is 1. The number of hydrogen-bond donors (Lipinski definition) is 4. The van der Waals surface area contributed by atoms with Crippen molar-refractivity contribution in [2.45, 2.75) is 11.8 Å². The number of phenols is 4. The zero-order valence-electron chi connectivity index (χ0n) is 18.0. The molecule has 6 heteroatoms. The van der Waals surface area contributed by atoms with Gasteiger partial charge in [-0.1, -0.05) is 36.4 Å². The average molecular weight is 454 g/mol. The third kappa shape index (κ3) is 3.73. The van der Waals surface area contributed by atoms with Crippen molar-refractivity contribution in [3.63, 3.8) is 0 Å². The SMILES string of the molecule is O=C1C=C(/C=C/c2ccc(O)cc2)[C@@H]2C(=O)[C@@H]1[C@H](c1ccc(O)cc1)[C@H]2c1cc(O)cc(O)c1. The first-order chi connectivity index (χ1) is 16.3. The van der Waals surface area contributed by atoms with Gasteiger partial charge in [0, 0.05) is 17.9 Å². The lowest BCUT2D eigenvalue weighted by molar-refractivity contribution is -0.130. The Labute approximate surface area is 195 Å². The Morgan fingerprint density at radius 1 is 0.588 bits per heavy atom. The molecule has 170 valence electrons. The van der Waals surface area contributed by atoms with Gasteiger partial charge in [0.05, 0.1) is 11.8 Å². The van der Waals surface area contributed by atoms with Gasteiger partial charge in [-0.25, -0.2) is 0 Å². The van der Waals surface area contributed by atoms with Crippen LogP contribution in [0.4, 0.5) is 0 Å². The standard InChI is InChI=1S/C28H22O6/c29-19-7-2-15(3-8-19)1-4-17-13-23(33)27-24(16-5-9-20(30)10-6-16)25(26(17)28(27)34)18-11-21(31)14-22(32)12-18/h1-14,24-27,29-32H/b4-1+/t24-,25-,26+,27+/m1/s1. The molecule has 0 aromatic heterocycles. The van der Waals surface area contributed by atoms with Crippen molar-refractivity contribution in [2.24, 2.45) is 11.8 Å². The Morgan fingerprint density at radius 2 is 1.15 bits per heavy atom. The summed E-state index contributed by atoms with van der Waals surface area (Å²) in [5, 5.41) is 39.6. The lowest BCUT2D eigenvalue weighted by Gasteiger charge is -2.25. The number of carbonyl (C=O) groups excluding carboxylic acids is 2. The highest BCUT2D eigenvalue weighted by Crippen LogP contribution is 2.56. The van der Waals surface area contributed by atoms with E-state index in [0.717, 1.165) is 11.1 Å². The van der Waals surface area contributed by atoms with Gasteiger partial charge < -0.3 is 20.4 Å². The van der Waals surface area contributed by atoms with Gasteiger partial charge in [-0.05, 0) is 64.7 Å². The number of carbonyl (C=O) groups is 2. The molecule has 2 aliphatic rings. The summed E-state index contributed by atoms with van der Waals surface area (Å²) >= 11 is 0. The highest BCUT2D eigenvalue weighted by molar-refractivity contribution is 6.15. The molecule has 2 aliphatic carbocycles. The van der Waals surface area contributed by atoms with Crippen molar-refractivity contribution in [2.75, 3.05) is 0 Å². The summed E-state index contributed by atoms with van der Waals surface area (Å²) in [5.41, 5.74) is 2.61. The maximum absolute atomic E-state index is 13.6. The van der Waals surface area contributed by atoms with Crippen LogP contribution in [0.15, 0.2) is 84.5 Å². The largest absolute Gasteiger partial charge is 0.508 e. The van der Waals surface area contributed by atoms with Gasteiger partial charge in [0.2, 0.25) is 0 Å². The molecule has 6 nitrogen and oxygen atoms in total. The van der Waals surface area contributed by atoms with Gasteiger partial charge in [-0.2, -0.15) is 0 Å². The Kier molecular flexibility index (Phi) is 5.21. The number of fused-ring (bicyclic) bond motifs is 2. The molecule has 3 aromatic carbocycles. The van der Waals surface area contributed by atoms with Crippen LogP contribution in [0.1, 0.15) is 28.5 Å². The smallest absolute Gasteiger partial charge is 0.167 e. The van der Waals surface area contributed by atoms with Crippen LogP contribution in [-0.2, 0) is 9.59 Å². The third-order valence-corrected chi connectivity index (χ3v) is 6.64. The first-order valence-electron chi connectivity index (χ1n) is 10.9. The predicted octanol–water partition coefficient (Wildman–Crippen LogP) is 4.41. The van der Waals surface area contributed by atoms with Gasteiger partial charge in [0.1, 0.15) is 23.0 Å². The maximum Gasteiger partial charge on any atom is 0.167 e. The second-order valence-corrected chi connectivity index (χ2v) is 8.76. The van der Waals surface area contributed by atoms with Crippen LogP contribution in [-0.4, -0.2) is 32.0 Å². The number of phenolic OH excluding ortho intramolecular Hbond substituents is 4. The molecule has 3 aromatic rings. The van der Waals surface area contributed by atoms with E-state index in [2.05, 4.69) is 0 Å². The van der Waals surface area contributed by atoms with Crippen LogP contribution < -0.4 is 0 Å². The molecule has 0 heterocycles. The monoisotopic (exact) mass is 454 g/mol. The molecule has 4 N–H and O–H groups in total. The third-order valence-electron chi connectivity index (χ3n) is 6.64. The molecule has 0 saturated heterocycles. The molecular weight excluding hydrogens is 432 g/mol. The molecular formula is C28H22O6. The van der Waals surface area contributed by atoms with Crippen LogP contribution in [0.2, 0.25) is 0 Å². The molecule has 0 amide bonds. The Hall–Kier alpha value is -4.32. The molecule has 0 unspecified atom stereocenters. The van der Waals surface area contributed by atoms with E-state index < -0.39 is 23.7 Å². The van der Waals surface area contributed by atoms with E-state index >= 15 is 0 Å². The second-order valence-electron chi connectivity index (χ2n) is 8.76. The van der Waals surface area contributed by atoms with Crippen molar-refractivity contribution >= 4 is 17.6 Å². The highest BCUT2D eigenvalue weighted by atomic mass is 16.3. The number of ketones is 2. The summed E-state index contributed by atoms with van der Waals surface area (Å²) < 4.78 is 0. The van der Waals surface area contributed by atoms with Crippen LogP contribution in [0.25, 0.3) is 6.08 Å². The Morgan fingerprint density at radius 3 is 1.76 bits per heavy atom. The minimum atomic E-state index is -0.894. The summed E-state index contributed by atoms with van der Waals surface area (Å²) in [4.78, 5) is 26.7. The topological polar surface area (TPSA) is 115 Å². The number of benzene rings is 3. The lowest BCUT2D eigenvalue weighted by atomic mass is 9.77. The van der Waals surface area contributed by atoms with E-state index in [9.17, 15) is 30.0 Å². The normalized spacial score (nSPS) is 23.9. The van der Waals surface area contributed by atoms with E-state index in [1.165, 1.54) is 36.4 Å². The summed E-state index contributed by atoms with van der Waals surface area (Å²) in [7, 11) is 0. The second kappa shape index (κ2) is 8.23. The quantitative estimate of drug-likeness (QED) is 0.434. The number of rotatable bonds is 4. The Bertz CT molecular complexity index is 1310. The molecule has 0 radical (unpaired) electrons. The minimum Gasteiger partial charge on any atom is -0.508 e. The van der Waals surface area contributed by atoms with Crippen molar-refractivity contribution < 1.29 is 30.0 Å². The van der Waals surface area contributed by atoms with Crippen molar-refractivity contribution in [3.05, 3.63) is 101 Å². The zero-order chi connectivity index (χ0) is 24.0. The molecule has 1 fully saturated rings. The summed E-state index contributed by atoms with van der Waals surface area (Å²) in [6.45, 7) is 0. The van der Waals surface area contributed by atoms with Gasteiger partial charge in [-0.15, -0.1) is 0 Å². The van der Waals surface area contributed by atoms with Crippen LogP contribution in [0, 0.1) is 11.8 Å². The van der Waals surface area contributed by atoms with Crippen LogP contribution in [0.3, 0.4) is 0 Å². The lowest BCUT2D eigenvalue weighted by Crippen LogP contribution is -2.29. The molecule has 1 saturated carbocycles. The number of allylic oxidation sites excluding steroid dienone is 3. The van der Waals surface area contributed by atoms with Gasteiger partial charge in [0.15, 0.2) is 11.6 Å². The van der Waals surface area contributed by atoms with E-state index in [4.69, 9.17) is 0 Å². The first-order valence-corrected chi connectivity index (χ1v) is 10.9. The summed E-state index contributed by atoms with van der Waals surface area (Å²) in [6.07, 6.45) is 5.01. The van der Waals surface area contributed by atoms with E-state index in [0.29, 0.717) is 11.1 Å². The van der Waals surface area contributed by atoms with Crippen LogP contribution >= 0.6 is 0 Å². The van der Waals surface area contributed by atoms with Crippen molar-refractivity contribution in [3.8, 4) is 23.0 Å². The van der Waals surface area contributed by atoms with Crippen molar-refractivity contribution in [1.29, 1.82) is 0 Å². The minimum absolute atomic E-state index is 0.0737. The molecule has 5 rings (SSSR count). The average Bonchev–Trinajstić information content (AvgIpc) is 3.02. The van der Waals surface area contributed by atoms with E-state index in [1.54, 1.807) is 48.6 Å². The zero-order valence-corrected chi connectivity index (χ0v) is 18.0. The van der Waals surface area contributed by atoms with Gasteiger partial charge in [-0.3, -0.25) is 9.59 Å². The van der Waals surface area contributed by atoms with Crippen LogP contribution in [0.5, 0.6) is 23.0 Å². The van der Waals surface area contributed by atoms with E-state index in [-0.39, 0.29) is 34.6 Å².